The second-order valence-corrected chi connectivity index (χ2v) is 5.07. The van der Waals surface area contributed by atoms with Crippen molar-refractivity contribution < 1.29 is 9.53 Å². The maximum atomic E-state index is 11.8. The Kier molecular flexibility index (Phi) is 6.24. The molecule has 1 aromatic heterocycles. The minimum atomic E-state index is -0.486. The van der Waals surface area contributed by atoms with Gasteiger partial charge in [-0.2, -0.15) is 0 Å². The molecule has 0 bridgehead atoms. The van der Waals surface area contributed by atoms with E-state index in [9.17, 15) is 4.79 Å². The summed E-state index contributed by atoms with van der Waals surface area (Å²) < 4.78 is 5.64. The number of nitrogens with one attached hydrogen (secondary N) is 1. The zero-order valence-corrected chi connectivity index (χ0v) is 12.4. The molecule has 1 unspecified atom stereocenters. The van der Waals surface area contributed by atoms with Crippen molar-refractivity contribution in [2.45, 2.75) is 6.04 Å². The Labute approximate surface area is 116 Å². The van der Waals surface area contributed by atoms with Gasteiger partial charge in [0.15, 0.2) is 0 Å². The molecule has 0 saturated carbocycles. The average Bonchev–Trinajstić information content (AvgIpc) is 2.33. The van der Waals surface area contributed by atoms with Gasteiger partial charge < -0.3 is 9.64 Å². The monoisotopic (exact) mass is 315 g/mol. The van der Waals surface area contributed by atoms with Gasteiger partial charge in [0.1, 0.15) is 6.04 Å². The Morgan fingerprint density at radius 3 is 2.83 bits per heavy atom. The summed E-state index contributed by atoms with van der Waals surface area (Å²) in [6.07, 6.45) is 3.34. The number of carbonyl (C=O) groups is 1. The number of carbonyl (C=O) groups excluding carboxylic acids is 1. The lowest BCUT2D eigenvalue weighted by atomic mass is 10.1. The van der Waals surface area contributed by atoms with Crippen LogP contribution in [0.15, 0.2) is 22.9 Å². The van der Waals surface area contributed by atoms with Crippen molar-refractivity contribution in [3.8, 4) is 0 Å². The number of halogens is 1. The van der Waals surface area contributed by atoms with Crippen LogP contribution in [0.3, 0.4) is 0 Å². The standard InChI is InChI=1S/C12H18BrN3O2/c1-16(2)5-4-15-11(12(17)18-3)9-6-10(13)8-14-7-9/h6-8,11,15H,4-5H2,1-3H3. The van der Waals surface area contributed by atoms with Crippen LogP contribution in [-0.4, -0.2) is 50.1 Å². The Morgan fingerprint density at radius 2 is 2.28 bits per heavy atom. The lowest BCUT2D eigenvalue weighted by Gasteiger charge is -2.18. The highest BCUT2D eigenvalue weighted by atomic mass is 79.9. The van der Waals surface area contributed by atoms with Crippen LogP contribution in [0, 0.1) is 0 Å². The molecule has 1 rings (SSSR count). The summed E-state index contributed by atoms with van der Waals surface area (Å²) in [5.74, 6) is -0.311. The summed E-state index contributed by atoms with van der Waals surface area (Å²) >= 11 is 3.34. The van der Waals surface area contributed by atoms with E-state index in [2.05, 4.69) is 26.2 Å². The van der Waals surface area contributed by atoms with Gasteiger partial charge in [0.05, 0.1) is 7.11 Å². The first-order valence-electron chi connectivity index (χ1n) is 5.61. The molecule has 1 heterocycles. The number of hydrogen-bond acceptors (Lipinski definition) is 5. The minimum Gasteiger partial charge on any atom is -0.468 e. The summed E-state index contributed by atoms with van der Waals surface area (Å²) in [6, 6.07) is 1.37. The first kappa shape index (κ1) is 15.1. The van der Waals surface area contributed by atoms with E-state index in [1.54, 1.807) is 12.4 Å². The van der Waals surface area contributed by atoms with E-state index < -0.39 is 6.04 Å². The smallest absolute Gasteiger partial charge is 0.327 e. The van der Waals surface area contributed by atoms with Crippen LogP contribution in [-0.2, 0) is 9.53 Å². The maximum absolute atomic E-state index is 11.8. The van der Waals surface area contributed by atoms with E-state index in [1.807, 2.05) is 25.1 Å². The molecule has 0 aliphatic rings. The Bertz CT molecular complexity index is 399. The van der Waals surface area contributed by atoms with Crippen molar-refractivity contribution in [1.82, 2.24) is 15.2 Å². The molecule has 1 N–H and O–H groups in total. The first-order chi connectivity index (χ1) is 8.54. The third-order valence-corrected chi connectivity index (χ3v) is 2.84. The van der Waals surface area contributed by atoms with Gasteiger partial charge in [0.2, 0.25) is 0 Å². The van der Waals surface area contributed by atoms with E-state index in [0.717, 1.165) is 16.6 Å². The number of pyridine rings is 1. The van der Waals surface area contributed by atoms with E-state index >= 15 is 0 Å². The molecule has 0 aliphatic heterocycles. The topological polar surface area (TPSA) is 54.5 Å². The van der Waals surface area contributed by atoms with Gasteiger partial charge in [-0.3, -0.25) is 10.3 Å². The molecule has 0 aliphatic carbocycles. The van der Waals surface area contributed by atoms with Gasteiger partial charge in [-0.05, 0) is 41.7 Å². The number of ether oxygens (including phenoxy) is 1. The molecule has 6 heteroatoms. The summed E-state index contributed by atoms with van der Waals surface area (Å²) in [5, 5.41) is 3.17. The fraction of sp³-hybridized carbons (Fsp3) is 0.500. The van der Waals surface area contributed by atoms with Crippen LogP contribution >= 0.6 is 15.9 Å². The number of hydrogen-bond donors (Lipinski definition) is 1. The van der Waals surface area contributed by atoms with Crippen molar-refractivity contribution >= 4 is 21.9 Å². The molecule has 100 valence electrons. The van der Waals surface area contributed by atoms with Crippen LogP contribution < -0.4 is 5.32 Å². The zero-order chi connectivity index (χ0) is 13.5. The third kappa shape index (κ3) is 4.72. The number of likely N-dealkylation sites (N-methyl/N-ethyl adjacent to an activating group) is 1. The summed E-state index contributed by atoms with van der Waals surface area (Å²) in [5.41, 5.74) is 0.787. The van der Waals surface area contributed by atoms with E-state index in [1.165, 1.54) is 7.11 Å². The van der Waals surface area contributed by atoms with Crippen molar-refractivity contribution in [2.24, 2.45) is 0 Å². The van der Waals surface area contributed by atoms with E-state index in [-0.39, 0.29) is 5.97 Å². The fourth-order valence-electron chi connectivity index (χ4n) is 1.47. The van der Waals surface area contributed by atoms with Crippen molar-refractivity contribution in [1.29, 1.82) is 0 Å². The molecule has 0 saturated heterocycles. The molecule has 1 aromatic rings. The summed E-state index contributed by atoms with van der Waals surface area (Å²) in [6.45, 7) is 1.54. The predicted molar refractivity (Wildman–Crippen MR) is 73.3 cm³/mol. The number of rotatable bonds is 6. The van der Waals surface area contributed by atoms with Gasteiger partial charge in [-0.1, -0.05) is 0 Å². The molecular weight excluding hydrogens is 298 g/mol. The largest absolute Gasteiger partial charge is 0.468 e. The second-order valence-electron chi connectivity index (χ2n) is 4.15. The van der Waals surface area contributed by atoms with Gasteiger partial charge in [0.25, 0.3) is 0 Å². The van der Waals surface area contributed by atoms with E-state index in [0.29, 0.717) is 6.54 Å². The molecule has 18 heavy (non-hydrogen) atoms. The van der Waals surface area contributed by atoms with Gasteiger partial charge in [-0.25, -0.2) is 4.79 Å². The molecule has 5 nitrogen and oxygen atoms in total. The highest BCUT2D eigenvalue weighted by Crippen LogP contribution is 2.17. The molecule has 0 fully saturated rings. The molecule has 0 aromatic carbocycles. The average molecular weight is 316 g/mol. The number of aromatic nitrogens is 1. The predicted octanol–water partition coefficient (Wildman–Crippen LogP) is 1.21. The zero-order valence-electron chi connectivity index (χ0n) is 10.8. The third-order valence-electron chi connectivity index (χ3n) is 2.40. The number of nitrogens with zero attached hydrogens (tertiary/aromatic N) is 2. The first-order valence-corrected chi connectivity index (χ1v) is 6.40. The number of esters is 1. The normalized spacial score (nSPS) is 12.5. The maximum Gasteiger partial charge on any atom is 0.327 e. The van der Waals surface area contributed by atoms with Crippen molar-refractivity contribution in [3.63, 3.8) is 0 Å². The van der Waals surface area contributed by atoms with E-state index in [4.69, 9.17) is 4.74 Å². The lowest BCUT2D eigenvalue weighted by Crippen LogP contribution is -2.34. The van der Waals surface area contributed by atoms with Crippen molar-refractivity contribution in [2.75, 3.05) is 34.3 Å². The van der Waals surface area contributed by atoms with Gasteiger partial charge in [0, 0.05) is 30.0 Å². The lowest BCUT2D eigenvalue weighted by molar-refractivity contribution is -0.143. The molecule has 0 amide bonds. The molecule has 0 radical (unpaired) electrons. The molecular formula is C12H18BrN3O2. The highest BCUT2D eigenvalue weighted by Gasteiger charge is 2.21. The summed E-state index contributed by atoms with van der Waals surface area (Å²) in [7, 11) is 5.35. The van der Waals surface area contributed by atoms with Crippen LogP contribution in [0.1, 0.15) is 11.6 Å². The molecule has 1 atom stereocenters. The van der Waals surface area contributed by atoms with Crippen LogP contribution in [0.5, 0.6) is 0 Å². The minimum absolute atomic E-state index is 0.311. The Balaban J connectivity index is 2.75. The highest BCUT2D eigenvalue weighted by molar-refractivity contribution is 9.10. The second kappa shape index (κ2) is 7.45. The van der Waals surface area contributed by atoms with Crippen molar-refractivity contribution in [3.05, 3.63) is 28.5 Å². The Morgan fingerprint density at radius 1 is 1.56 bits per heavy atom. The SMILES string of the molecule is COC(=O)C(NCCN(C)C)c1cncc(Br)c1. The van der Waals surface area contributed by atoms with Crippen LogP contribution in [0.2, 0.25) is 0 Å². The fourth-order valence-corrected chi connectivity index (χ4v) is 1.86. The van der Waals surface area contributed by atoms with Gasteiger partial charge >= 0.3 is 5.97 Å². The van der Waals surface area contributed by atoms with Crippen LogP contribution in [0.25, 0.3) is 0 Å². The van der Waals surface area contributed by atoms with Gasteiger partial charge in [-0.15, -0.1) is 0 Å². The van der Waals surface area contributed by atoms with Crippen LogP contribution in [0.4, 0.5) is 0 Å². The Hall–Kier alpha value is -0.980. The summed E-state index contributed by atoms with van der Waals surface area (Å²) in [4.78, 5) is 17.9. The number of methoxy groups -OCH3 is 1. The molecule has 0 spiro atoms. The quantitative estimate of drug-likeness (QED) is 0.800.